The Kier molecular flexibility index (Phi) is 1.84. The fourth-order valence-electron chi connectivity index (χ4n) is 1.20. The quantitative estimate of drug-likeness (QED) is 0.545. The first-order chi connectivity index (χ1) is 4.63. The van der Waals surface area contributed by atoms with Crippen LogP contribution in [0.15, 0.2) is 22.5 Å². The molecule has 1 aliphatic carbocycles. The summed E-state index contributed by atoms with van der Waals surface area (Å²) in [6.07, 6.45) is 2.14. The Labute approximate surface area is 62.1 Å². The van der Waals surface area contributed by atoms with Gasteiger partial charge in [-0.05, 0) is 44.8 Å². The summed E-state index contributed by atoms with van der Waals surface area (Å²) in [7, 11) is 0. The van der Waals surface area contributed by atoms with Crippen molar-refractivity contribution in [3.8, 4) is 0 Å². The van der Waals surface area contributed by atoms with Gasteiger partial charge in [-0.2, -0.15) is 0 Å². The second-order valence-electron chi connectivity index (χ2n) is 3.03. The molecule has 56 valence electrons. The Balaban J connectivity index is 3.01. The van der Waals surface area contributed by atoms with Gasteiger partial charge in [0, 0.05) is 0 Å². The van der Waals surface area contributed by atoms with Crippen LogP contribution in [0.3, 0.4) is 0 Å². The van der Waals surface area contributed by atoms with Crippen molar-refractivity contribution in [2.45, 2.75) is 33.6 Å². The zero-order chi connectivity index (χ0) is 7.72. The van der Waals surface area contributed by atoms with Gasteiger partial charge in [0.15, 0.2) is 0 Å². The SMILES string of the molecule is CC1=C(C)C(O)=C(C)CC1. The number of allylic oxidation sites excluding steroid dienone is 3. The van der Waals surface area contributed by atoms with E-state index in [0.29, 0.717) is 5.76 Å². The van der Waals surface area contributed by atoms with Crippen LogP contribution >= 0.6 is 0 Å². The molecule has 0 aromatic rings. The third-order valence-electron chi connectivity index (χ3n) is 2.27. The number of hydrogen-bond acceptors (Lipinski definition) is 1. The molecule has 1 N–H and O–H groups in total. The molecular weight excluding hydrogens is 124 g/mol. The van der Waals surface area contributed by atoms with Crippen LogP contribution in [0.2, 0.25) is 0 Å². The molecule has 0 aromatic carbocycles. The molecule has 1 nitrogen and oxygen atoms in total. The third-order valence-corrected chi connectivity index (χ3v) is 2.27. The van der Waals surface area contributed by atoms with E-state index in [1.807, 2.05) is 13.8 Å². The van der Waals surface area contributed by atoms with E-state index in [4.69, 9.17) is 0 Å². The lowest BCUT2D eigenvalue weighted by Crippen LogP contribution is -1.99. The first kappa shape index (κ1) is 7.39. The predicted octanol–water partition coefficient (Wildman–Crippen LogP) is 2.95. The lowest BCUT2D eigenvalue weighted by atomic mass is 9.93. The van der Waals surface area contributed by atoms with Crippen molar-refractivity contribution >= 4 is 0 Å². The van der Waals surface area contributed by atoms with Crippen molar-refractivity contribution in [3.63, 3.8) is 0 Å². The van der Waals surface area contributed by atoms with Crippen LogP contribution in [0.1, 0.15) is 33.6 Å². The molecule has 1 aliphatic rings. The fraction of sp³-hybridized carbons (Fsp3) is 0.556. The zero-order valence-electron chi connectivity index (χ0n) is 6.86. The number of hydrogen-bond donors (Lipinski definition) is 1. The molecular formula is C9H14O. The highest BCUT2D eigenvalue weighted by molar-refractivity contribution is 5.34. The van der Waals surface area contributed by atoms with E-state index in [0.717, 1.165) is 24.0 Å². The molecule has 1 rings (SSSR count). The Hall–Kier alpha value is -0.720. The first-order valence-electron chi connectivity index (χ1n) is 3.68. The van der Waals surface area contributed by atoms with E-state index in [9.17, 15) is 5.11 Å². The number of rotatable bonds is 0. The second-order valence-corrected chi connectivity index (χ2v) is 3.03. The van der Waals surface area contributed by atoms with E-state index >= 15 is 0 Å². The topological polar surface area (TPSA) is 20.2 Å². The second kappa shape index (κ2) is 2.49. The molecule has 0 saturated heterocycles. The molecule has 0 spiro atoms. The molecule has 10 heavy (non-hydrogen) atoms. The summed E-state index contributed by atoms with van der Waals surface area (Å²) in [6.45, 7) is 6.05. The molecule has 0 saturated carbocycles. The smallest absolute Gasteiger partial charge is 0.117 e. The Bertz CT molecular complexity index is 185. The predicted molar refractivity (Wildman–Crippen MR) is 42.9 cm³/mol. The van der Waals surface area contributed by atoms with Crippen molar-refractivity contribution in [3.05, 3.63) is 22.5 Å². The lowest BCUT2D eigenvalue weighted by molar-refractivity contribution is 0.407. The van der Waals surface area contributed by atoms with Crippen LogP contribution in [0.5, 0.6) is 0 Å². The van der Waals surface area contributed by atoms with Crippen LogP contribution in [0, 0.1) is 0 Å². The standard InChI is InChI=1S/C9H14O/c1-6-4-5-7(2)9(10)8(6)3/h10H,4-5H2,1-3H3. The van der Waals surface area contributed by atoms with Crippen molar-refractivity contribution in [2.75, 3.05) is 0 Å². The van der Waals surface area contributed by atoms with Gasteiger partial charge < -0.3 is 5.11 Å². The maximum Gasteiger partial charge on any atom is 0.117 e. The molecule has 0 amide bonds. The summed E-state index contributed by atoms with van der Waals surface area (Å²) in [5.41, 5.74) is 3.52. The van der Waals surface area contributed by atoms with E-state index in [2.05, 4.69) is 6.92 Å². The van der Waals surface area contributed by atoms with Gasteiger partial charge in [-0.15, -0.1) is 0 Å². The zero-order valence-corrected chi connectivity index (χ0v) is 6.86. The summed E-state index contributed by atoms with van der Waals surface area (Å²) in [6, 6.07) is 0. The van der Waals surface area contributed by atoms with Crippen LogP contribution in [0.4, 0.5) is 0 Å². The molecule has 0 unspecified atom stereocenters. The monoisotopic (exact) mass is 138 g/mol. The molecule has 0 aromatic heterocycles. The molecule has 0 radical (unpaired) electrons. The van der Waals surface area contributed by atoms with E-state index in [-0.39, 0.29) is 0 Å². The van der Waals surface area contributed by atoms with Crippen molar-refractivity contribution in [1.82, 2.24) is 0 Å². The molecule has 0 heterocycles. The van der Waals surface area contributed by atoms with Gasteiger partial charge in [0.1, 0.15) is 5.76 Å². The minimum Gasteiger partial charge on any atom is -0.508 e. The molecule has 0 aliphatic heterocycles. The minimum absolute atomic E-state index is 0.517. The molecule has 0 fully saturated rings. The molecule has 0 bridgehead atoms. The van der Waals surface area contributed by atoms with Crippen molar-refractivity contribution in [2.24, 2.45) is 0 Å². The van der Waals surface area contributed by atoms with Gasteiger partial charge in [-0.1, -0.05) is 5.57 Å². The van der Waals surface area contributed by atoms with Crippen LogP contribution in [0.25, 0.3) is 0 Å². The Morgan fingerprint density at radius 2 is 1.50 bits per heavy atom. The van der Waals surface area contributed by atoms with Gasteiger partial charge in [0.25, 0.3) is 0 Å². The summed E-state index contributed by atoms with van der Waals surface area (Å²) in [4.78, 5) is 0. The fourth-order valence-corrected chi connectivity index (χ4v) is 1.20. The average Bonchev–Trinajstić information content (AvgIpc) is 1.93. The number of aliphatic hydroxyl groups excluding tert-OH is 1. The van der Waals surface area contributed by atoms with Gasteiger partial charge in [-0.25, -0.2) is 0 Å². The maximum absolute atomic E-state index is 9.44. The van der Waals surface area contributed by atoms with Crippen LogP contribution in [-0.2, 0) is 0 Å². The normalized spacial score (nSPS) is 20.3. The highest BCUT2D eigenvalue weighted by Crippen LogP contribution is 2.27. The third kappa shape index (κ3) is 1.08. The average molecular weight is 138 g/mol. The summed E-state index contributed by atoms with van der Waals surface area (Å²) in [5, 5.41) is 9.44. The lowest BCUT2D eigenvalue weighted by Gasteiger charge is -2.15. The van der Waals surface area contributed by atoms with Gasteiger partial charge in [0.2, 0.25) is 0 Å². The highest BCUT2D eigenvalue weighted by Gasteiger charge is 2.11. The van der Waals surface area contributed by atoms with Gasteiger partial charge in [0.05, 0.1) is 0 Å². The van der Waals surface area contributed by atoms with Crippen LogP contribution in [-0.4, -0.2) is 5.11 Å². The summed E-state index contributed by atoms with van der Waals surface area (Å²) >= 11 is 0. The van der Waals surface area contributed by atoms with Crippen molar-refractivity contribution in [1.29, 1.82) is 0 Å². The van der Waals surface area contributed by atoms with Gasteiger partial charge in [-0.3, -0.25) is 0 Å². The van der Waals surface area contributed by atoms with E-state index in [1.54, 1.807) is 0 Å². The highest BCUT2D eigenvalue weighted by atomic mass is 16.3. The summed E-state index contributed by atoms with van der Waals surface area (Å²) in [5.74, 6) is 0.517. The van der Waals surface area contributed by atoms with E-state index < -0.39 is 0 Å². The Morgan fingerprint density at radius 3 is 2.00 bits per heavy atom. The van der Waals surface area contributed by atoms with Gasteiger partial charge >= 0.3 is 0 Å². The molecule has 1 heteroatoms. The Morgan fingerprint density at radius 1 is 1.00 bits per heavy atom. The van der Waals surface area contributed by atoms with Crippen LogP contribution < -0.4 is 0 Å². The minimum atomic E-state index is 0.517. The van der Waals surface area contributed by atoms with E-state index in [1.165, 1.54) is 5.57 Å². The maximum atomic E-state index is 9.44. The summed E-state index contributed by atoms with van der Waals surface area (Å²) < 4.78 is 0. The number of aliphatic hydroxyl groups is 1. The largest absolute Gasteiger partial charge is 0.508 e. The molecule has 0 atom stereocenters. The first-order valence-corrected chi connectivity index (χ1v) is 3.68. The van der Waals surface area contributed by atoms with Crippen molar-refractivity contribution < 1.29 is 5.11 Å².